The van der Waals surface area contributed by atoms with E-state index >= 15 is 0 Å². The maximum Gasteiger partial charge on any atom is 0.256 e. The number of nitrogens with one attached hydrogen (secondary N) is 1. The van der Waals surface area contributed by atoms with Gasteiger partial charge in [-0.15, -0.1) is 0 Å². The smallest absolute Gasteiger partial charge is 0.256 e. The number of hydrogen-bond acceptors (Lipinski definition) is 1. The Hall–Kier alpha value is -1.87. The molecule has 0 unspecified atom stereocenters. The molecule has 2 aromatic rings. The van der Waals surface area contributed by atoms with Crippen LogP contribution >= 0.6 is 15.9 Å². The molecule has 1 aliphatic rings. The topological polar surface area (TPSA) is 29.1 Å². The highest BCUT2D eigenvalue weighted by Crippen LogP contribution is 2.35. The second-order valence-electron chi connectivity index (χ2n) is 4.56. The Morgan fingerprint density at radius 2 is 1.95 bits per heavy atom. The zero-order chi connectivity index (χ0) is 13.4. The van der Waals surface area contributed by atoms with Gasteiger partial charge in [-0.25, -0.2) is 0 Å². The van der Waals surface area contributed by atoms with Crippen LogP contribution in [-0.4, -0.2) is 5.91 Å². The molecule has 1 N–H and O–H groups in total. The molecule has 94 valence electrons. The highest BCUT2D eigenvalue weighted by atomic mass is 79.9. The van der Waals surface area contributed by atoms with E-state index in [0.29, 0.717) is 5.57 Å². The van der Waals surface area contributed by atoms with E-state index in [1.165, 1.54) is 0 Å². The Kier molecular flexibility index (Phi) is 2.99. The monoisotopic (exact) mass is 313 g/mol. The van der Waals surface area contributed by atoms with Crippen LogP contribution in [0, 0.1) is 6.92 Å². The Bertz CT molecular complexity index is 704. The highest BCUT2D eigenvalue weighted by Gasteiger charge is 2.24. The molecule has 19 heavy (non-hydrogen) atoms. The van der Waals surface area contributed by atoms with Gasteiger partial charge in [-0.3, -0.25) is 4.79 Å². The summed E-state index contributed by atoms with van der Waals surface area (Å²) in [4.78, 5) is 12.1. The van der Waals surface area contributed by atoms with Crippen molar-refractivity contribution in [3.63, 3.8) is 0 Å². The van der Waals surface area contributed by atoms with E-state index in [0.717, 1.165) is 26.9 Å². The molecule has 0 atom stereocenters. The standard InChI is InChI=1S/C16H12BrNO/c1-10-4-2-3-5-11(10)8-14-13-9-12(17)6-7-15(13)18-16(14)19/h2-9H,1H3,(H,18,19). The Labute approximate surface area is 120 Å². The number of amides is 1. The van der Waals surface area contributed by atoms with E-state index in [1.54, 1.807) is 0 Å². The number of halogens is 1. The number of rotatable bonds is 1. The Balaban J connectivity index is 2.14. The zero-order valence-corrected chi connectivity index (χ0v) is 12.0. The molecule has 0 saturated carbocycles. The lowest BCUT2D eigenvalue weighted by molar-refractivity contribution is -0.110. The van der Waals surface area contributed by atoms with Gasteiger partial charge in [-0.1, -0.05) is 40.2 Å². The minimum absolute atomic E-state index is 0.0450. The van der Waals surface area contributed by atoms with Crippen LogP contribution in [0.1, 0.15) is 16.7 Å². The first-order valence-electron chi connectivity index (χ1n) is 6.04. The summed E-state index contributed by atoms with van der Waals surface area (Å²) in [5, 5.41) is 2.89. The Morgan fingerprint density at radius 1 is 1.16 bits per heavy atom. The van der Waals surface area contributed by atoms with E-state index in [9.17, 15) is 4.79 Å². The van der Waals surface area contributed by atoms with Gasteiger partial charge < -0.3 is 5.32 Å². The lowest BCUT2D eigenvalue weighted by Crippen LogP contribution is -2.03. The summed E-state index contributed by atoms with van der Waals surface area (Å²) in [5.41, 5.74) is 4.76. The number of fused-ring (bicyclic) bond motifs is 1. The van der Waals surface area contributed by atoms with E-state index < -0.39 is 0 Å². The van der Waals surface area contributed by atoms with Gasteiger partial charge in [0.1, 0.15) is 0 Å². The second-order valence-corrected chi connectivity index (χ2v) is 5.47. The van der Waals surface area contributed by atoms with Crippen molar-refractivity contribution >= 4 is 39.2 Å². The fourth-order valence-electron chi connectivity index (χ4n) is 2.21. The molecule has 2 aromatic carbocycles. The van der Waals surface area contributed by atoms with Gasteiger partial charge in [0, 0.05) is 21.3 Å². The molecule has 0 radical (unpaired) electrons. The molecule has 0 bridgehead atoms. The molecule has 3 rings (SSSR count). The van der Waals surface area contributed by atoms with Crippen LogP contribution in [-0.2, 0) is 4.79 Å². The van der Waals surface area contributed by atoms with Gasteiger partial charge in [-0.05, 0) is 42.3 Å². The van der Waals surface area contributed by atoms with E-state index in [2.05, 4.69) is 21.2 Å². The number of carbonyl (C=O) groups excluding carboxylic acids is 1. The summed E-state index contributed by atoms with van der Waals surface area (Å²) in [6.07, 6.45) is 1.95. The first-order valence-corrected chi connectivity index (χ1v) is 6.83. The molecule has 1 heterocycles. The van der Waals surface area contributed by atoms with Crippen LogP contribution in [0.2, 0.25) is 0 Å². The predicted octanol–water partition coefficient (Wildman–Crippen LogP) is 4.25. The molecule has 0 saturated heterocycles. The van der Waals surface area contributed by atoms with E-state index in [-0.39, 0.29) is 5.91 Å². The van der Waals surface area contributed by atoms with Crippen LogP contribution in [0.3, 0.4) is 0 Å². The van der Waals surface area contributed by atoms with Gasteiger partial charge in [0.15, 0.2) is 0 Å². The fourth-order valence-corrected chi connectivity index (χ4v) is 2.57. The van der Waals surface area contributed by atoms with Gasteiger partial charge in [0.25, 0.3) is 5.91 Å². The summed E-state index contributed by atoms with van der Waals surface area (Å²) in [5.74, 6) is -0.0450. The first kappa shape index (κ1) is 12.2. The van der Waals surface area contributed by atoms with Crippen LogP contribution in [0.15, 0.2) is 46.9 Å². The highest BCUT2D eigenvalue weighted by molar-refractivity contribution is 9.10. The largest absolute Gasteiger partial charge is 0.321 e. The summed E-state index contributed by atoms with van der Waals surface area (Å²) in [6, 6.07) is 13.8. The van der Waals surface area contributed by atoms with E-state index in [1.807, 2.05) is 55.5 Å². The third kappa shape index (κ3) is 2.22. The van der Waals surface area contributed by atoms with Crippen molar-refractivity contribution in [2.45, 2.75) is 6.92 Å². The molecule has 0 aromatic heterocycles. The molecule has 0 spiro atoms. The minimum atomic E-state index is -0.0450. The van der Waals surface area contributed by atoms with Crippen molar-refractivity contribution in [3.05, 3.63) is 63.6 Å². The van der Waals surface area contributed by atoms with Crippen molar-refractivity contribution in [2.24, 2.45) is 0 Å². The molecular weight excluding hydrogens is 302 g/mol. The molecule has 0 aliphatic carbocycles. The number of benzene rings is 2. The third-order valence-electron chi connectivity index (χ3n) is 3.25. The third-order valence-corrected chi connectivity index (χ3v) is 3.75. The lowest BCUT2D eigenvalue weighted by atomic mass is 10.0. The van der Waals surface area contributed by atoms with Crippen LogP contribution < -0.4 is 5.32 Å². The number of aryl methyl sites for hydroxylation is 1. The summed E-state index contributed by atoms with van der Waals surface area (Å²) >= 11 is 3.45. The molecule has 0 fully saturated rings. The van der Waals surface area contributed by atoms with Crippen molar-refractivity contribution < 1.29 is 4.79 Å². The number of carbonyl (C=O) groups is 1. The van der Waals surface area contributed by atoms with Gasteiger partial charge >= 0.3 is 0 Å². The maximum atomic E-state index is 12.1. The van der Waals surface area contributed by atoms with Crippen molar-refractivity contribution in [1.29, 1.82) is 0 Å². The van der Waals surface area contributed by atoms with Gasteiger partial charge in [0.2, 0.25) is 0 Å². The SMILES string of the molecule is Cc1ccccc1C=C1C(=O)Nc2ccc(Br)cc21. The minimum Gasteiger partial charge on any atom is -0.321 e. The Morgan fingerprint density at radius 3 is 2.74 bits per heavy atom. The quantitative estimate of drug-likeness (QED) is 0.783. The number of anilines is 1. The molecule has 2 nitrogen and oxygen atoms in total. The van der Waals surface area contributed by atoms with Crippen LogP contribution in [0.25, 0.3) is 11.6 Å². The summed E-state index contributed by atoms with van der Waals surface area (Å²) < 4.78 is 0.971. The molecule has 1 amide bonds. The maximum absolute atomic E-state index is 12.1. The molecule has 1 aliphatic heterocycles. The normalized spacial score (nSPS) is 15.5. The van der Waals surface area contributed by atoms with Crippen molar-refractivity contribution in [1.82, 2.24) is 0 Å². The fraction of sp³-hybridized carbons (Fsp3) is 0.0625. The van der Waals surface area contributed by atoms with Crippen molar-refractivity contribution in [2.75, 3.05) is 5.32 Å². The molecular formula is C16H12BrNO. The van der Waals surface area contributed by atoms with E-state index in [4.69, 9.17) is 0 Å². The zero-order valence-electron chi connectivity index (χ0n) is 10.4. The van der Waals surface area contributed by atoms with Gasteiger partial charge in [-0.2, -0.15) is 0 Å². The average Bonchev–Trinajstić information content (AvgIpc) is 2.69. The van der Waals surface area contributed by atoms with Gasteiger partial charge in [0.05, 0.1) is 0 Å². The average molecular weight is 314 g/mol. The first-order chi connectivity index (χ1) is 9.15. The number of hydrogen-bond donors (Lipinski definition) is 1. The lowest BCUT2D eigenvalue weighted by Gasteiger charge is -2.02. The summed E-state index contributed by atoms with van der Waals surface area (Å²) in [6.45, 7) is 2.04. The second kappa shape index (κ2) is 4.67. The van der Waals surface area contributed by atoms with Crippen LogP contribution in [0.5, 0.6) is 0 Å². The predicted molar refractivity (Wildman–Crippen MR) is 81.8 cm³/mol. The summed E-state index contributed by atoms with van der Waals surface area (Å²) in [7, 11) is 0. The van der Waals surface area contributed by atoms with Crippen molar-refractivity contribution in [3.8, 4) is 0 Å². The molecule has 3 heteroatoms. The van der Waals surface area contributed by atoms with Crippen LogP contribution in [0.4, 0.5) is 5.69 Å².